The lowest BCUT2D eigenvalue weighted by Gasteiger charge is -2.18. The van der Waals surface area contributed by atoms with E-state index in [1.54, 1.807) is 19.2 Å². The van der Waals surface area contributed by atoms with Gasteiger partial charge in [0.1, 0.15) is 5.75 Å². The van der Waals surface area contributed by atoms with Crippen LogP contribution in [-0.2, 0) is 0 Å². The number of hydrogen-bond donors (Lipinski definition) is 2. The monoisotopic (exact) mass is 229 g/mol. The Morgan fingerprint density at radius 1 is 1.53 bits per heavy atom. The molecule has 4 heteroatoms. The van der Waals surface area contributed by atoms with Crippen molar-refractivity contribution in [1.29, 1.82) is 0 Å². The molecule has 84 valence electrons. The van der Waals surface area contributed by atoms with Crippen LogP contribution in [0.5, 0.6) is 5.75 Å². The van der Waals surface area contributed by atoms with Crippen LogP contribution < -0.4 is 10.5 Å². The lowest BCUT2D eigenvalue weighted by Crippen LogP contribution is -2.25. The van der Waals surface area contributed by atoms with E-state index in [9.17, 15) is 5.11 Å². The van der Waals surface area contributed by atoms with Gasteiger partial charge in [-0.2, -0.15) is 0 Å². The van der Waals surface area contributed by atoms with E-state index < -0.39 is 6.10 Å². The van der Waals surface area contributed by atoms with Gasteiger partial charge in [-0.05, 0) is 17.7 Å². The van der Waals surface area contributed by atoms with Crippen molar-refractivity contribution in [3.63, 3.8) is 0 Å². The van der Waals surface area contributed by atoms with Crippen molar-refractivity contribution < 1.29 is 9.84 Å². The quantitative estimate of drug-likeness (QED) is 0.828. The summed E-state index contributed by atoms with van der Waals surface area (Å²) in [6.07, 6.45) is -0.547. The van der Waals surface area contributed by atoms with Crippen molar-refractivity contribution >= 4 is 11.6 Å². The summed E-state index contributed by atoms with van der Waals surface area (Å²) in [5.74, 6) is 0.605. The van der Waals surface area contributed by atoms with Crippen molar-refractivity contribution in [2.45, 2.75) is 18.9 Å². The molecule has 2 unspecified atom stereocenters. The molecule has 15 heavy (non-hydrogen) atoms. The third-order valence-electron chi connectivity index (χ3n) is 2.52. The van der Waals surface area contributed by atoms with Gasteiger partial charge in [0.2, 0.25) is 0 Å². The summed E-state index contributed by atoms with van der Waals surface area (Å²) in [5.41, 5.74) is 6.35. The van der Waals surface area contributed by atoms with Gasteiger partial charge in [0.15, 0.2) is 0 Å². The molecule has 2 atom stereocenters. The Morgan fingerprint density at radius 3 is 2.67 bits per heavy atom. The molecule has 0 bridgehead atoms. The fourth-order valence-electron chi connectivity index (χ4n) is 1.39. The minimum absolute atomic E-state index is 0.0293. The molecule has 0 aliphatic heterocycles. The van der Waals surface area contributed by atoms with Crippen LogP contribution in [0.15, 0.2) is 18.2 Å². The summed E-state index contributed by atoms with van der Waals surface area (Å²) in [4.78, 5) is 0. The van der Waals surface area contributed by atoms with Crippen molar-refractivity contribution in [1.82, 2.24) is 0 Å². The number of ether oxygens (including phenoxy) is 1. The van der Waals surface area contributed by atoms with Crippen LogP contribution in [0.4, 0.5) is 0 Å². The minimum atomic E-state index is -0.547. The molecule has 0 aromatic heterocycles. The van der Waals surface area contributed by atoms with Gasteiger partial charge < -0.3 is 15.6 Å². The first kappa shape index (κ1) is 12.3. The van der Waals surface area contributed by atoms with Gasteiger partial charge in [-0.3, -0.25) is 0 Å². The van der Waals surface area contributed by atoms with Crippen molar-refractivity contribution in [3.8, 4) is 5.75 Å². The molecule has 0 aliphatic rings. The fraction of sp³-hybridized carbons (Fsp3) is 0.455. The van der Waals surface area contributed by atoms with Gasteiger partial charge in [-0.1, -0.05) is 24.6 Å². The maximum absolute atomic E-state index is 9.60. The number of rotatable bonds is 4. The molecule has 1 rings (SSSR count). The molecule has 3 N–H and O–H groups in total. The predicted octanol–water partition coefficient (Wildman–Crippen LogP) is 1.77. The van der Waals surface area contributed by atoms with Crippen LogP contribution in [0.3, 0.4) is 0 Å². The zero-order chi connectivity index (χ0) is 11.4. The highest BCUT2D eigenvalue weighted by molar-refractivity contribution is 6.32. The molecule has 0 heterocycles. The van der Waals surface area contributed by atoms with E-state index in [0.717, 1.165) is 5.56 Å². The van der Waals surface area contributed by atoms with E-state index in [0.29, 0.717) is 10.8 Å². The Morgan fingerprint density at radius 2 is 2.20 bits per heavy atom. The van der Waals surface area contributed by atoms with Crippen LogP contribution in [0.25, 0.3) is 0 Å². The van der Waals surface area contributed by atoms with Crippen LogP contribution in [-0.4, -0.2) is 24.9 Å². The average molecular weight is 230 g/mol. The number of aliphatic hydroxyl groups is 1. The normalized spacial score (nSPS) is 14.7. The first-order chi connectivity index (χ1) is 7.10. The number of nitrogens with two attached hydrogens (primary N) is 1. The van der Waals surface area contributed by atoms with E-state index >= 15 is 0 Å². The molecule has 0 amide bonds. The van der Waals surface area contributed by atoms with Gasteiger partial charge in [-0.15, -0.1) is 0 Å². The zero-order valence-corrected chi connectivity index (χ0v) is 9.66. The summed E-state index contributed by atoms with van der Waals surface area (Å²) >= 11 is 5.98. The second-order valence-electron chi connectivity index (χ2n) is 3.49. The van der Waals surface area contributed by atoms with Crippen LogP contribution in [0.2, 0.25) is 5.02 Å². The highest BCUT2D eigenvalue weighted by Crippen LogP contribution is 2.29. The Labute approximate surface area is 94.8 Å². The lowest BCUT2D eigenvalue weighted by molar-refractivity contribution is 0.157. The molecule has 0 radical (unpaired) electrons. The maximum atomic E-state index is 9.60. The fourth-order valence-corrected chi connectivity index (χ4v) is 1.66. The Hall–Kier alpha value is -0.770. The van der Waals surface area contributed by atoms with Gasteiger partial charge >= 0.3 is 0 Å². The second kappa shape index (κ2) is 5.35. The number of methoxy groups -OCH3 is 1. The average Bonchev–Trinajstić information content (AvgIpc) is 2.26. The van der Waals surface area contributed by atoms with Crippen molar-refractivity contribution in [3.05, 3.63) is 28.8 Å². The van der Waals surface area contributed by atoms with Crippen LogP contribution >= 0.6 is 11.6 Å². The highest BCUT2D eigenvalue weighted by atomic mass is 35.5. The first-order valence-corrected chi connectivity index (χ1v) is 5.19. The lowest BCUT2D eigenvalue weighted by atomic mass is 9.95. The number of hydrogen-bond acceptors (Lipinski definition) is 3. The maximum Gasteiger partial charge on any atom is 0.137 e. The van der Waals surface area contributed by atoms with E-state index in [1.807, 2.05) is 13.0 Å². The zero-order valence-electron chi connectivity index (χ0n) is 8.90. The number of aliphatic hydroxyl groups excluding tert-OH is 1. The largest absolute Gasteiger partial charge is 0.495 e. The Balaban J connectivity index is 2.92. The summed E-state index contributed by atoms with van der Waals surface area (Å²) in [7, 11) is 1.57. The van der Waals surface area contributed by atoms with Crippen LogP contribution in [0.1, 0.15) is 18.4 Å². The minimum Gasteiger partial charge on any atom is -0.495 e. The molecule has 0 saturated carbocycles. The smallest absolute Gasteiger partial charge is 0.137 e. The van der Waals surface area contributed by atoms with Crippen molar-refractivity contribution in [2.24, 2.45) is 5.73 Å². The van der Waals surface area contributed by atoms with E-state index in [-0.39, 0.29) is 12.5 Å². The molecular weight excluding hydrogens is 214 g/mol. The summed E-state index contributed by atoms with van der Waals surface area (Å²) in [6.45, 7) is 2.15. The standard InChI is InChI=1S/C11H16ClNO2/c1-7(10(14)6-13)8-3-4-11(15-2)9(12)5-8/h3-5,7,10,14H,6,13H2,1-2H3. The molecule has 1 aromatic rings. The predicted molar refractivity (Wildman–Crippen MR) is 61.5 cm³/mol. The molecule has 3 nitrogen and oxygen atoms in total. The Kier molecular flexibility index (Phi) is 4.39. The summed E-state index contributed by atoms with van der Waals surface area (Å²) in [6, 6.07) is 5.47. The van der Waals surface area contributed by atoms with Gasteiger partial charge in [-0.25, -0.2) is 0 Å². The summed E-state index contributed by atoms with van der Waals surface area (Å²) in [5, 5.41) is 10.1. The van der Waals surface area contributed by atoms with Crippen LogP contribution in [0, 0.1) is 0 Å². The first-order valence-electron chi connectivity index (χ1n) is 4.81. The SMILES string of the molecule is COc1ccc(C(C)C(O)CN)cc1Cl. The molecule has 0 aliphatic carbocycles. The molecular formula is C11H16ClNO2. The number of benzene rings is 1. The molecule has 0 saturated heterocycles. The summed E-state index contributed by atoms with van der Waals surface area (Å²) < 4.78 is 5.05. The third kappa shape index (κ3) is 2.84. The van der Waals surface area contributed by atoms with Gasteiger partial charge in [0.25, 0.3) is 0 Å². The molecule has 0 spiro atoms. The third-order valence-corrected chi connectivity index (χ3v) is 2.82. The van der Waals surface area contributed by atoms with E-state index in [1.165, 1.54) is 0 Å². The van der Waals surface area contributed by atoms with Gasteiger partial charge in [0, 0.05) is 12.5 Å². The second-order valence-corrected chi connectivity index (χ2v) is 3.89. The highest BCUT2D eigenvalue weighted by Gasteiger charge is 2.15. The molecule has 0 fully saturated rings. The molecule has 1 aromatic carbocycles. The van der Waals surface area contributed by atoms with Crippen molar-refractivity contribution in [2.75, 3.05) is 13.7 Å². The topological polar surface area (TPSA) is 55.5 Å². The van der Waals surface area contributed by atoms with E-state index in [2.05, 4.69) is 0 Å². The van der Waals surface area contributed by atoms with Gasteiger partial charge in [0.05, 0.1) is 18.2 Å². The van der Waals surface area contributed by atoms with E-state index in [4.69, 9.17) is 22.1 Å². The number of halogens is 1. The Bertz CT molecular complexity index is 330.